The summed E-state index contributed by atoms with van der Waals surface area (Å²) in [4.78, 5) is 19.9. The van der Waals surface area contributed by atoms with Crippen LogP contribution < -0.4 is 16.2 Å². The predicted molar refractivity (Wildman–Crippen MR) is 106 cm³/mol. The van der Waals surface area contributed by atoms with Gasteiger partial charge in [0.15, 0.2) is 5.65 Å². The summed E-state index contributed by atoms with van der Waals surface area (Å²) in [6.07, 6.45) is 4.26. The van der Waals surface area contributed by atoms with Crippen molar-refractivity contribution in [3.05, 3.63) is 16.0 Å². The van der Waals surface area contributed by atoms with E-state index in [0.717, 1.165) is 45.4 Å². The molecular weight excluding hydrogens is 356 g/mol. The molecule has 3 aliphatic rings. The number of nitrogens with two attached hydrogens (primary N) is 1. The molecule has 5 rings (SSSR count). The van der Waals surface area contributed by atoms with Crippen LogP contribution in [0.3, 0.4) is 0 Å². The molecular formula is C20H26N6O2. The molecule has 2 saturated heterocycles. The summed E-state index contributed by atoms with van der Waals surface area (Å²) in [5.74, 6) is 7.34. The van der Waals surface area contributed by atoms with Crippen LogP contribution >= 0.6 is 0 Å². The normalized spacial score (nSPS) is 26.6. The van der Waals surface area contributed by atoms with Crippen LogP contribution in [0.5, 0.6) is 0 Å². The molecule has 0 radical (unpaired) electrons. The molecule has 2 aromatic rings. The molecule has 8 nitrogen and oxygen atoms in total. The lowest BCUT2D eigenvalue weighted by Crippen LogP contribution is -2.51. The van der Waals surface area contributed by atoms with Crippen LogP contribution in [0.15, 0.2) is 4.79 Å². The van der Waals surface area contributed by atoms with E-state index in [1.54, 1.807) is 11.6 Å². The maximum Gasteiger partial charge on any atom is 0.267 e. The number of fused-ring (bicyclic) bond motifs is 1. The number of ether oxygens (including phenoxy) is 1. The first-order chi connectivity index (χ1) is 13.5. The van der Waals surface area contributed by atoms with Gasteiger partial charge in [0.05, 0.1) is 12.7 Å². The van der Waals surface area contributed by atoms with Gasteiger partial charge in [-0.05, 0) is 38.5 Å². The number of hydrogen-bond acceptors (Lipinski definition) is 6. The van der Waals surface area contributed by atoms with Gasteiger partial charge in [-0.2, -0.15) is 10.1 Å². The third-order valence-electron chi connectivity index (χ3n) is 6.64. The lowest BCUT2D eigenvalue weighted by Gasteiger charge is -2.41. The molecule has 0 amide bonds. The molecule has 0 bridgehead atoms. The summed E-state index contributed by atoms with van der Waals surface area (Å²) in [6, 6.07) is 0.0640. The number of nitrogens with one attached hydrogen (secondary N) is 1. The van der Waals surface area contributed by atoms with E-state index in [-0.39, 0.29) is 23.1 Å². The molecule has 3 fully saturated rings. The van der Waals surface area contributed by atoms with Crippen LogP contribution in [-0.2, 0) is 11.8 Å². The molecule has 28 heavy (non-hydrogen) atoms. The molecule has 1 saturated carbocycles. The summed E-state index contributed by atoms with van der Waals surface area (Å²) in [6.45, 7) is 4.38. The largest absolute Gasteiger partial charge is 0.376 e. The van der Waals surface area contributed by atoms with Crippen LogP contribution in [0.4, 0.5) is 5.95 Å². The van der Waals surface area contributed by atoms with Crippen LogP contribution in [0, 0.1) is 23.2 Å². The number of piperidine rings is 1. The first-order valence-electron chi connectivity index (χ1n) is 10.1. The van der Waals surface area contributed by atoms with Gasteiger partial charge in [0.25, 0.3) is 5.56 Å². The molecule has 2 aliphatic heterocycles. The van der Waals surface area contributed by atoms with Crippen LogP contribution in [0.2, 0.25) is 0 Å². The molecule has 3 N–H and O–H groups in total. The number of rotatable bonds is 1. The minimum atomic E-state index is -0.108. The highest BCUT2D eigenvalue weighted by atomic mass is 16.5. The second kappa shape index (κ2) is 6.33. The minimum absolute atomic E-state index is 0.0401. The highest BCUT2D eigenvalue weighted by Gasteiger charge is 2.47. The number of aromatic nitrogens is 4. The Hall–Kier alpha value is -2.37. The maximum atomic E-state index is 13.0. The van der Waals surface area contributed by atoms with E-state index in [0.29, 0.717) is 28.6 Å². The van der Waals surface area contributed by atoms with Crippen molar-refractivity contribution in [2.75, 3.05) is 24.6 Å². The van der Waals surface area contributed by atoms with Gasteiger partial charge in [0.1, 0.15) is 11.1 Å². The number of anilines is 1. The Morgan fingerprint density at radius 1 is 1.32 bits per heavy atom. The fourth-order valence-corrected chi connectivity index (χ4v) is 4.45. The lowest BCUT2D eigenvalue weighted by atomic mass is 9.73. The van der Waals surface area contributed by atoms with Gasteiger partial charge in [-0.3, -0.25) is 14.5 Å². The molecule has 4 heterocycles. The summed E-state index contributed by atoms with van der Waals surface area (Å²) >= 11 is 0. The van der Waals surface area contributed by atoms with Crippen LogP contribution in [-0.4, -0.2) is 51.6 Å². The number of aromatic amines is 1. The molecule has 148 valence electrons. The van der Waals surface area contributed by atoms with Crippen molar-refractivity contribution in [1.82, 2.24) is 19.7 Å². The topological polar surface area (TPSA) is 102 Å². The highest BCUT2D eigenvalue weighted by molar-refractivity contribution is 5.80. The van der Waals surface area contributed by atoms with Crippen molar-refractivity contribution >= 4 is 17.0 Å². The van der Waals surface area contributed by atoms with Crippen molar-refractivity contribution in [2.45, 2.75) is 44.8 Å². The Kier molecular flexibility index (Phi) is 4.00. The van der Waals surface area contributed by atoms with E-state index in [1.807, 2.05) is 6.92 Å². The van der Waals surface area contributed by atoms with E-state index in [4.69, 9.17) is 15.5 Å². The monoisotopic (exact) mass is 382 g/mol. The zero-order valence-corrected chi connectivity index (χ0v) is 16.4. The molecule has 0 aromatic carbocycles. The Morgan fingerprint density at radius 3 is 2.71 bits per heavy atom. The molecule has 2 aromatic heterocycles. The van der Waals surface area contributed by atoms with E-state index in [2.05, 4.69) is 26.9 Å². The first-order valence-corrected chi connectivity index (χ1v) is 10.1. The van der Waals surface area contributed by atoms with Gasteiger partial charge >= 0.3 is 0 Å². The third-order valence-corrected chi connectivity index (χ3v) is 6.64. The van der Waals surface area contributed by atoms with Crippen molar-refractivity contribution in [2.24, 2.45) is 24.1 Å². The summed E-state index contributed by atoms with van der Waals surface area (Å²) < 4.78 is 7.42. The second-order valence-electron chi connectivity index (χ2n) is 8.51. The first kappa shape index (κ1) is 17.7. The summed E-state index contributed by atoms with van der Waals surface area (Å²) in [5.41, 5.74) is 7.36. The number of H-pyrrole nitrogens is 1. The molecule has 2 atom stereocenters. The second-order valence-corrected chi connectivity index (χ2v) is 8.51. The standard InChI is InChI=1S/C20H26N6O2/c1-12-16(21)20(11-28-12)7-9-26(10-8-20)19-22-17-15(18(27)25(19)2)14(23-24-17)6-5-13-3-4-13/h12-13,16H,3-4,7-11,21H2,1-2H3,(H,23,24)/t12-,16+/m0/s1. The van der Waals surface area contributed by atoms with Gasteiger partial charge in [-0.25, -0.2) is 0 Å². The summed E-state index contributed by atoms with van der Waals surface area (Å²) in [5, 5.41) is 7.61. The average Bonchev–Trinajstić information content (AvgIpc) is 3.39. The van der Waals surface area contributed by atoms with Gasteiger partial charge in [0, 0.05) is 37.5 Å². The zero-order valence-electron chi connectivity index (χ0n) is 16.4. The third kappa shape index (κ3) is 2.73. The van der Waals surface area contributed by atoms with E-state index in [9.17, 15) is 4.79 Å². The zero-order chi connectivity index (χ0) is 19.5. The van der Waals surface area contributed by atoms with Crippen LogP contribution in [0.1, 0.15) is 38.3 Å². The molecule has 1 spiro atoms. The Labute approximate surface area is 163 Å². The lowest BCUT2D eigenvalue weighted by molar-refractivity contribution is 0.0973. The van der Waals surface area contributed by atoms with Gasteiger partial charge in [-0.1, -0.05) is 5.92 Å². The summed E-state index contributed by atoms with van der Waals surface area (Å²) in [7, 11) is 1.77. The van der Waals surface area contributed by atoms with E-state index >= 15 is 0 Å². The predicted octanol–water partition coefficient (Wildman–Crippen LogP) is 0.751. The quantitative estimate of drug-likeness (QED) is 0.706. The smallest absolute Gasteiger partial charge is 0.267 e. The fourth-order valence-electron chi connectivity index (χ4n) is 4.45. The van der Waals surface area contributed by atoms with Gasteiger partial charge in [-0.15, -0.1) is 0 Å². The van der Waals surface area contributed by atoms with Crippen LogP contribution in [0.25, 0.3) is 11.0 Å². The van der Waals surface area contributed by atoms with Gasteiger partial charge < -0.3 is 15.4 Å². The Balaban J connectivity index is 1.44. The number of nitrogens with zero attached hydrogens (tertiary/aromatic N) is 4. The van der Waals surface area contributed by atoms with E-state index in [1.165, 1.54) is 0 Å². The van der Waals surface area contributed by atoms with Crippen molar-refractivity contribution in [1.29, 1.82) is 0 Å². The Morgan fingerprint density at radius 2 is 2.07 bits per heavy atom. The SMILES string of the molecule is C[C@@H]1OCC2(CCN(c3nc4[nH]nc(C#CC5CC5)c4c(=O)n3C)CC2)[C@@H]1N. The maximum absolute atomic E-state index is 13.0. The van der Waals surface area contributed by atoms with E-state index < -0.39 is 0 Å². The Bertz CT molecular complexity index is 1030. The average molecular weight is 382 g/mol. The highest BCUT2D eigenvalue weighted by Crippen LogP contribution is 2.41. The minimum Gasteiger partial charge on any atom is -0.376 e. The van der Waals surface area contributed by atoms with Crippen molar-refractivity contribution < 1.29 is 4.74 Å². The molecule has 1 aliphatic carbocycles. The number of hydrogen-bond donors (Lipinski definition) is 2. The van der Waals surface area contributed by atoms with Gasteiger partial charge in [0.2, 0.25) is 5.95 Å². The van der Waals surface area contributed by atoms with Crippen molar-refractivity contribution in [3.8, 4) is 11.8 Å². The molecule has 0 unspecified atom stereocenters. The van der Waals surface area contributed by atoms with Crippen molar-refractivity contribution in [3.63, 3.8) is 0 Å². The molecule has 8 heteroatoms. The fraction of sp³-hybridized carbons (Fsp3) is 0.650.